The molecule has 33 heavy (non-hydrogen) atoms. The minimum atomic E-state index is -0.142. The highest BCUT2D eigenvalue weighted by atomic mass is 32.2. The molecule has 3 heterocycles. The van der Waals surface area contributed by atoms with Crippen LogP contribution in [0.4, 0.5) is 17.6 Å². The van der Waals surface area contributed by atoms with Crippen LogP contribution >= 0.6 is 23.5 Å². The number of imidazole rings is 1. The van der Waals surface area contributed by atoms with Gasteiger partial charge in [-0.15, -0.1) is 10.2 Å². The molecule has 0 aliphatic carbocycles. The zero-order valence-corrected chi connectivity index (χ0v) is 20.1. The number of carbonyl (C=O) groups excluding carboxylic acids is 1. The Morgan fingerprint density at radius 2 is 1.82 bits per heavy atom. The summed E-state index contributed by atoms with van der Waals surface area (Å²) in [7, 11) is 1.95. The molecule has 0 unspecified atom stereocenters. The normalized spacial score (nSPS) is 11.0. The number of aryl methyl sites for hydroxylation is 1. The number of aromatic nitrogens is 7. The molecule has 0 fully saturated rings. The van der Waals surface area contributed by atoms with Crippen molar-refractivity contribution in [3.8, 4) is 0 Å². The van der Waals surface area contributed by atoms with Gasteiger partial charge >= 0.3 is 0 Å². The van der Waals surface area contributed by atoms with Crippen LogP contribution in [-0.4, -0.2) is 58.9 Å². The lowest BCUT2D eigenvalue weighted by Gasteiger charge is -2.10. The number of thioether (sulfide) groups is 1. The highest BCUT2D eigenvalue weighted by Crippen LogP contribution is 2.27. The van der Waals surface area contributed by atoms with Gasteiger partial charge in [0.25, 0.3) is 5.78 Å². The van der Waals surface area contributed by atoms with Gasteiger partial charge in [-0.1, -0.05) is 23.5 Å². The predicted octanol–water partition coefficient (Wildman–Crippen LogP) is 3.00. The number of nitrogens with one attached hydrogen (secondary N) is 3. The third kappa shape index (κ3) is 5.54. The first-order valence-corrected chi connectivity index (χ1v) is 12.2. The molecule has 0 aliphatic rings. The van der Waals surface area contributed by atoms with Crippen molar-refractivity contribution in [1.29, 1.82) is 0 Å². The zero-order chi connectivity index (χ0) is 23.2. The third-order valence-corrected chi connectivity index (χ3v) is 6.38. The summed E-state index contributed by atoms with van der Waals surface area (Å²) in [6, 6.07) is 7.66. The van der Waals surface area contributed by atoms with E-state index in [1.54, 1.807) is 22.4 Å². The molecule has 4 rings (SSSR count). The first kappa shape index (κ1) is 22.9. The monoisotopic (exact) mass is 484 g/mol. The minimum absolute atomic E-state index is 0.142. The highest BCUT2D eigenvalue weighted by Gasteiger charge is 2.16. The van der Waals surface area contributed by atoms with Crippen molar-refractivity contribution in [3.63, 3.8) is 0 Å². The fourth-order valence-corrected chi connectivity index (χ4v) is 4.42. The van der Waals surface area contributed by atoms with Gasteiger partial charge in [-0.25, -0.2) is 9.38 Å². The van der Waals surface area contributed by atoms with E-state index in [2.05, 4.69) is 41.1 Å². The van der Waals surface area contributed by atoms with E-state index in [1.165, 1.54) is 11.8 Å². The maximum Gasteiger partial charge on any atom is 0.261 e. The van der Waals surface area contributed by atoms with Gasteiger partial charge in [0.05, 0.1) is 5.75 Å². The molecule has 0 aliphatic heterocycles. The third-order valence-electron chi connectivity index (χ3n) is 4.37. The van der Waals surface area contributed by atoms with Gasteiger partial charge in [0.2, 0.25) is 17.8 Å². The molecule has 3 aromatic heterocycles. The highest BCUT2D eigenvalue weighted by molar-refractivity contribution is 7.99. The van der Waals surface area contributed by atoms with Gasteiger partial charge < -0.3 is 20.5 Å². The van der Waals surface area contributed by atoms with E-state index < -0.39 is 0 Å². The zero-order valence-electron chi connectivity index (χ0n) is 18.4. The van der Waals surface area contributed by atoms with Gasteiger partial charge in [0.1, 0.15) is 0 Å². The van der Waals surface area contributed by atoms with E-state index in [4.69, 9.17) is 0 Å². The fraction of sp³-hybridized carbons (Fsp3) is 0.300. The van der Waals surface area contributed by atoms with Crippen molar-refractivity contribution in [2.24, 2.45) is 7.05 Å². The number of anilines is 3. The Labute approximate surface area is 199 Å². The molecule has 1 amide bonds. The molecule has 0 bridgehead atoms. The molecule has 3 N–H and O–H groups in total. The second kappa shape index (κ2) is 10.5. The maximum absolute atomic E-state index is 12.5. The van der Waals surface area contributed by atoms with Gasteiger partial charge in [0, 0.05) is 43.1 Å². The Hall–Kier alpha value is -3.32. The molecular weight excluding hydrogens is 460 g/mol. The number of carbonyl (C=O) groups is 1. The SMILES string of the molecule is CCNc1nc(NCC)n2c(SCC(=O)Nc3ccc(Sc4nccn4C)cc3)nnc2n1. The van der Waals surface area contributed by atoms with Crippen LogP contribution in [0.25, 0.3) is 5.78 Å². The number of amides is 1. The van der Waals surface area contributed by atoms with Gasteiger partial charge in [0.15, 0.2) is 10.3 Å². The van der Waals surface area contributed by atoms with E-state index in [-0.39, 0.29) is 11.7 Å². The van der Waals surface area contributed by atoms with E-state index in [1.807, 2.05) is 55.9 Å². The van der Waals surface area contributed by atoms with Crippen molar-refractivity contribution in [2.75, 3.05) is 34.8 Å². The average Bonchev–Trinajstić information content (AvgIpc) is 3.40. The lowest BCUT2D eigenvalue weighted by Crippen LogP contribution is -2.15. The van der Waals surface area contributed by atoms with Gasteiger partial charge in [-0.05, 0) is 38.1 Å². The predicted molar refractivity (Wildman–Crippen MR) is 130 cm³/mol. The smallest absolute Gasteiger partial charge is 0.261 e. The van der Waals surface area contributed by atoms with Crippen LogP contribution in [0.1, 0.15) is 13.8 Å². The van der Waals surface area contributed by atoms with Crippen LogP contribution in [0.3, 0.4) is 0 Å². The van der Waals surface area contributed by atoms with Gasteiger partial charge in [-0.3, -0.25) is 4.79 Å². The Balaban J connectivity index is 1.39. The van der Waals surface area contributed by atoms with Crippen LogP contribution in [0.2, 0.25) is 0 Å². The van der Waals surface area contributed by atoms with Crippen molar-refractivity contribution in [1.82, 2.24) is 34.1 Å². The first-order chi connectivity index (χ1) is 16.1. The molecule has 0 spiro atoms. The quantitative estimate of drug-likeness (QED) is 0.289. The molecule has 0 saturated carbocycles. The average molecular weight is 485 g/mol. The second-order valence-corrected chi connectivity index (χ2v) is 8.82. The van der Waals surface area contributed by atoms with E-state index >= 15 is 0 Å². The molecule has 0 atom stereocenters. The molecular formula is C20H24N10OS2. The summed E-state index contributed by atoms with van der Waals surface area (Å²) in [5.41, 5.74) is 0.725. The second-order valence-electron chi connectivity index (χ2n) is 6.83. The van der Waals surface area contributed by atoms with Crippen molar-refractivity contribution < 1.29 is 4.79 Å². The van der Waals surface area contributed by atoms with Crippen LogP contribution in [0.15, 0.2) is 51.9 Å². The number of hydrogen-bond donors (Lipinski definition) is 3. The standard InChI is InChI=1S/C20H24N10OS2/c1-4-21-16-25-17(22-5-2)30-18(26-16)27-28-20(30)32-12-15(31)24-13-6-8-14(9-7-13)33-19-23-10-11-29(19)3/h6-11H,4-5,12H2,1-3H3,(H,24,31)(H2,21,22,25,26,27). The van der Waals surface area contributed by atoms with Crippen molar-refractivity contribution >= 4 is 52.8 Å². The molecule has 0 radical (unpaired) electrons. The number of rotatable bonds is 10. The first-order valence-electron chi connectivity index (χ1n) is 10.4. The largest absolute Gasteiger partial charge is 0.355 e. The molecule has 4 aromatic rings. The Morgan fingerprint density at radius 1 is 1.03 bits per heavy atom. The van der Waals surface area contributed by atoms with E-state index in [0.717, 1.165) is 15.7 Å². The van der Waals surface area contributed by atoms with E-state index in [0.29, 0.717) is 35.9 Å². The summed E-state index contributed by atoms with van der Waals surface area (Å²) >= 11 is 2.83. The molecule has 172 valence electrons. The molecule has 1 aromatic carbocycles. The summed E-state index contributed by atoms with van der Waals surface area (Å²) < 4.78 is 3.67. The van der Waals surface area contributed by atoms with Crippen LogP contribution < -0.4 is 16.0 Å². The Morgan fingerprint density at radius 3 is 2.52 bits per heavy atom. The molecule has 11 nitrogen and oxygen atoms in total. The fourth-order valence-electron chi connectivity index (χ4n) is 2.89. The molecule has 13 heteroatoms. The topological polar surface area (TPSA) is 127 Å². The number of fused-ring (bicyclic) bond motifs is 1. The molecule has 0 saturated heterocycles. The summed E-state index contributed by atoms with van der Waals surface area (Å²) in [5, 5.41) is 19.0. The lowest BCUT2D eigenvalue weighted by atomic mass is 10.3. The summed E-state index contributed by atoms with van der Waals surface area (Å²) in [5.74, 6) is 1.50. The summed E-state index contributed by atoms with van der Waals surface area (Å²) in [6.07, 6.45) is 3.67. The number of nitrogens with zero attached hydrogens (tertiary/aromatic N) is 7. The van der Waals surface area contributed by atoms with Gasteiger partial charge in [-0.2, -0.15) is 9.97 Å². The maximum atomic E-state index is 12.5. The number of hydrogen-bond acceptors (Lipinski definition) is 10. The van der Waals surface area contributed by atoms with Crippen molar-refractivity contribution in [2.45, 2.75) is 29.1 Å². The minimum Gasteiger partial charge on any atom is -0.355 e. The van der Waals surface area contributed by atoms with E-state index in [9.17, 15) is 4.79 Å². The van der Waals surface area contributed by atoms with Crippen LogP contribution in [0.5, 0.6) is 0 Å². The lowest BCUT2D eigenvalue weighted by molar-refractivity contribution is -0.113. The van der Waals surface area contributed by atoms with Crippen LogP contribution in [-0.2, 0) is 11.8 Å². The van der Waals surface area contributed by atoms with Crippen LogP contribution in [0, 0.1) is 0 Å². The van der Waals surface area contributed by atoms with Crippen molar-refractivity contribution in [3.05, 3.63) is 36.7 Å². The number of benzene rings is 1. The Bertz CT molecular complexity index is 1240. The Kier molecular flexibility index (Phi) is 7.29. The summed E-state index contributed by atoms with van der Waals surface area (Å²) in [4.78, 5) is 26.7. The summed E-state index contributed by atoms with van der Waals surface area (Å²) in [6.45, 7) is 5.32.